The molecule has 5 heterocycles. The number of hydrogen-bond acceptors (Lipinski definition) is 8. The molecule has 6 rings (SSSR count). The van der Waals surface area contributed by atoms with Gasteiger partial charge in [0.25, 0.3) is 5.91 Å². The highest BCUT2D eigenvalue weighted by atomic mass is 16.5. The molecular weight excluding hydrogens is 462 g/mol. The molecule has 1 aliphatic carbocycles. The number of amides is 1. The normalized spacial score (nSPS) is 24.1. The van der Waals surface area contributed by atoms with Crippen molar-refractivity contribution in [1.82, 2.24) is 29.5 Å². The van der Waals surface area contributed by atoms with Gasteiger partial charge in [-0.2, -0.15) is 9.61 Å². The van der Waals surface area contributed by atoms with Crippen LogP contribution in [0.3, 0.4) is 0 Å². The van der Waals surface area contributed by atoms with Crippen molar-refractivity contribution < 1.29 is 19.4 Å². The Morgan fingerprint density at radius 1 is 1.28 bits per heavy atom. The van der Waals surface area contributed by atoms with Gasteiger partial charge >= 0.3 is 0 Å². The lowest BCUT2D eigenvalue weighted by atomic mass is 9.89. The van der Waals surface area contributed by atoms with E-state index in [-0.39, 0.29) is 24.1 Å². The Labute approximate surface area is 207 Å². The molecule has 2 fully saturated rings. The molecule has 4 aromatic rings. The third kappa shape index (κ3) is 3.71. The second-order valence-electron chi connectivity index (χ2n) is 9.32. The van der Waals surface area contributed by atoms with Crippen molar-refractivity contribution in [3.8, 4) is 11.3 Å². The number of nitrogens with one attached hydrogen (secondary N) is 2. The van der Waals surface area contributed by atoms with E-state index < -0.39 is 6.10 Å². The van der Waals surface area contributed by atoms with E-state index >= 15 is 0 Å². The summed E-state index contributed by atoms with van der Waals surface area (Å²) in [6, 6.07) is 5.70. The van der Waals surface area contributed by atoms with Crippen LogP contribution in [-0.2, 0) is 9.47 Å². The summed E-state index contributed by atoms with van der Waals surface area (Å²) in [5.41, 5.74) is 3.25. The van der Waals surface area contributed by atoms with E-state index in [9.17, 15) is 9.90 Å². The molecule has 1 amide bonds. The number of aromatic nitrogens is 5. The predicted molar refractivity (Wildman–Crippen MR) is 133 cm³/mol. The number of fused-ring (bicyclic) bond motifs is 2. The van der Waals surface area contributed by atoms with Crippen LogP contribution in [0.25, 0.3) is 27.9 Å². The first-order valence-corrected chi connectivity index (χ1v) is 12.2. The van der Waals surface area contributed by atoms with Crippen LogP contribution in [0, 0.1) is 0 Å². The van der Waals surface area contributed by atoms with Gasteiger partial charge in [-0.15, -0.1) is 0 Å². The maximum Gasteiger partial charge on any atom is 0.257 e. The van der Waals surface area contributed by atoms with Gasteiger partial charge in [-0.05, 0) is 31.4 Å². The summed E-state index contributed by atoms with van der Waals surface area (Å²) < 4.78 is 15.1. The van der Waals surface area contributed by atoms with Crippen LogP contribution in [0.4, 0.5) is 5.82 Å². The van der Waals surface area contributed by atoms with Gasteiger partial charge in [0.2, 0.25) is 0 Å². The van der Waals surface area contributed by atoms with Gasteiger partial charge in [-0.3, -0.25) is 4.79 Å². The minimum atomic E-state index is -0.507. The summed E-state index contributed by atoms with van der Waals surface area (Å²) in [4.78, 5) is 22.6. The molecule has 2 unspecified atom stereocenters. The first kappa shape index (κ1) is 22.9. The van der Waals surface area contributed by atoms with E-state index in [2.05, 4.69) is 31.5 Å². The zero-order valence-electron chi connectivity index (χ0n) is 20.2. The molecule has 1 saturated carbocycles. The van der Waals surface area contributed by atoms with Gasteiger partial charge < -0.3 is 29.8 Å². The molecule has 11 heteroatoms. The van der Waals surface area contributed by atoms with Crippen molar-refractivity contribution in [2.75, 3.05) is 32.7 Å². The Balaban J connectivity index is 1.47. The minimum absolute atomic E-state index is 0.0765. The van der Waals surface area contributed by atoms with Crippen LogP contribution in [0.1, 0.15) is 35.7 Å². The number of ether oxygens (including phenoxy) is 2. The standard InChI is InChI=1S/C25H29N7O4/c1-26-22-10-18(29-24-15(11-28-32(22)24)25(34)30-17-5-6-20(17)33)16-12-31(23-14(16)4-3-8-27-23)19-7-9-36-13-21(19)35-2/h3-4,8,10-12,17,19-21,26,33H,5-7,9,13H2,1-2H3,(H,30,34)/t17?,19-,20?,21-/m0/s1. The van der Waals surface area contributed by atoms with E-state index in [1.807, 2.05) is 18.2 Å². The summed E-state index contributed by atoms with van der Waals surface area (Å²) >= 11 is 0. The second kappa shape index (κ2) is 9.16. The number of nitrogens with zero attached hydrogens (tertiary/aromatic N) is 5. The smallest absolute Gasteiger partial charge is 0.257 e. The summed E-state index contributed by atoms with van der Waals surface area (Å²) in [6.45, 7) is 1.19. The topological polar surface area (TPSA) is 128 Å². The Morgan fingerprint density at radius 3 is 2.92 bits per heavy atom. The predicted octanol–water partition coefficient (Wildman–Crippen LogP) is 2.02. The largest absolute Gasteiger partial charge is 0.391 e. The summed E-state index contributed by atoms with van der Waals surface area (Å²) in [6.07, 6.45) is 7.04. The number of pyridine rings is 1. The fourth-order valence-corrected chi connectivity index (χ4v) is 5.12. The highest BCUT2D eigenvalue weighted by Crippen LogP contribution is 2.35. The molecule has 1 aliphatic heterocycles. The van der Waals surface area contributed by atoms with E-state index in [0.29, 0.717) is 42.4 Å². The molecule has 2 aliphatic rings. The van der Waals surface area contributed by atoms with Gasteiger partial charge in [0, 0.05) is 50.2 Å². The van der Waals surface area contributed by atoms with Crippen molar-refractivity contribution in [3.05, 3.63) is 42.4 Å². The lowest BCUT2D eigenvalue weighted by molar-refractivity contribution is -0.0592. The van der Waals surface area contributed by atoms with Gasteiger partial charge in [0.1, 0.15) is 23.1 Å². The van der Waals surface area contributed by atoms with Crippen molar-refractivity contribution in [2.24, 2.45) is 0 Å². The monoisotopic (exact) mass is 491 g/mol. The summed E-state index contributed by atoms with van der Waals surface area (Å²) in [7, 11) is 3.51. The van der Waals surface area contributed by atoms with Crippen LogP contribution < -0.4 is 10.6 Å². The zero-order chi connectivity index (χ0) is 24.8. The van der Waals surface area contributed by atoms with Gasteiger partial charge in [0.15, 0.2) is 5.65 Å². The Hall–Kier alpha value is -3.54. The molecule has 188 valence electrons. The fourth-order valence-electron chi connectivity index (χ4n) is 5.12. The summed E-state index contributed by atoms with van der Waals surface area (Å²) in [5, 5.41) is 21.3. The zero-order valence-corrected chi connectivity index (χ0v) is 20.2. The van der Waals surface area contributed by atoms with Crippen LogP contribution in [0.15, 0.2) is 36.8 Å². The number of methoxy groups -OCH3 is 1. The maximum atomic E-state index is 13.0. The third-order valence-electron chi connectivity index (χ3n) is 7.32. The van der Waals surface area contributed by atoms with Crippen LogP contribution in [-0.4, -0.2) is 80.8 Å². The third-order valence-corrected chi connectivity index (χ3v) is 7.32. The van der Waals surface area contributed by atoms with E-state index in [1.54, 1.807) is 24.9 Å². The average Bonchev–Trinajstić information content (AvgIpc) is 3.52. The second-order valence-corrected chi connectivity index (χ2v) is 9.32. The summed E-state index contributed by atoms with van der Waals surface area (Å²) in [5.74, 6) is 0.401. The molecule has 36 heavy (non-hydrogen) atoms. The van der Waals surface area contributed by atoms with Gasteiger partial charge in [-0.25, -0.2) is 9.97 Å². The molecule has 1 saturated heterocycles. The Kier molecular flexibility index (Phi) is 5.82. The fraction of sp³-hybridized carbons (Fsp3) is 0.440. The Morgan fingerprint density at radius 2 is 2.17 bits per heavy atom. The van der Waals surface area contributed by atoms with E-state index in [0.717, 1.165) is 29.4 Å². The van der Waals surface area contributed by atoms with Crippen LogP contribution in [0.2, 0.25) is 0 Å². The number of carbonyl (C=O) groups is 1. The lowest BCUT2D eigenvalue weighted by Crippen LogP contribution is -2.50. The Bertz CT molecular complexity index is 1430. The molecule has 0 spiro atoms. The van der Waals surface area contributed by atoms with Crippen LogP contribution in [0.5, 0.6) is 0 Å². The molecular formula is C25H29N7O4. The SMILES string of the molecule is CNc1cc(-c2cn([C@H]3CCOC[C@@H]3OC)c3ncccc23)nc2c(C(=O)NC3CCC3O)cnn12. The van der Waals surface area contributed by atoms with E-state index in [4.69, 9.17) is 14.5 Å². The lowest BCUT2D eigenvalue weighted by Gasteiger charge is -2.32. The van der Waals surface area contributed by atoms with Gasteiger partial charge in [0.05, 0.1) is 36.7 Å². The minimum Gasteiger partial charge on any atom is -0.391 e. The maximum absolute atomic E-state index is 13.0. The number of aliphatic hydroxyl groups excluding tert-OH is 1. The van der Waals surface area contributed by atoms with Crippen LogP contribution >= 0.6 is 0 Å². The van der Waals surface area contributed by atoms with Crippen molar-refractivity contribution in [3.63, 3.8) is 0 Å². The number of hydrogen-bond donors (Lipinski definition) is 3. The first-order chi connectivity index (χ1) is 17.6. The highest BCUT2D eigenvalue weighted by molar-refractivity contribution is 6.01. The number of aliphatic hydroxyl groups is 1. The molecule has 0 radical (unpaired) electrons. The average molecular weight is 492 g/mol. The number of carbonyl (C=O) groups excluding carboxylic acids is 1. The molecule has 4 aromatic heterocycles. The quantitative estimate of drug-likeness (QED) is 0.374. The van der Waals surface area contributed by atoms with Crippen molar-refractivity contribution in [2.45, 2.75) is 43.6 Å². The van der Waals surface area contributed by atoms with Crippen molar-refractivity contribution >= 4 is 28.4 Å². The molecule has 0 bridgehead atoms. The number of anilines is 1. The van der Waals surface area contributed by atoms with E-state index in [1.165, 1.54) is 6.20 Å². The molecule has 11 nitrogen and oxygen atoms in total. The molecule has 3 N–H and O–H groups in total. The molecule has 0 aromatic carbocycles. The van der Waals surface area contributed by atoms with Gasteiger partial charge in [-0.1, -0.05) is 0 Å². The highest BCUT2D eigenvalue weighted by Gasteiger charge is 2.32. The first-order valence-electron chi connectivity index (χ1n) is 12.2. The number of rotatable bonds is 6. The molecule has 4 atom stereocenters. The van der Waals surface area contributed by atoms with Crippen molar-refractivity contribution in [1.29, 1.82) is 0 Å².